The Hall–Kier alpha value is -2.72. The zero-order chi connectivity index (χ0) is 19.8. The highest BCUT2D eigenvalue weighted by Gasteiger charge is 2.26. The van der Waals surface area contributed by atoms with Crippen molar-refractivity contribution in [2.24, 2.45) is 0 Å². The van der Waals surface area contributed by atoms with Gasteiger partial charge in [0.2, 0.25) is 0 Å². The molecule has 2 aromatic carbocycles. The van der Waals surface area contributed by atoms with Crippen LogP contribution in [0.1, 0.15) is 48.5 Å². The van der Waals surface area contributed by atoms with Gasteiger partial charge in [-0.25, -0.2) is 0 Å². The van der Waals surface area contributed by atoms with Gasteiger partial charge in [-0.1, -0.05) is 30.7 Å². The highest BCUT2D eigenvalue weighted by molar-refractivity contribution is 6.25. The summed E-state index contributed by atoms with van der Waals surface area (Å²) in [6.07, 6.45) is 6.77. The molecular weight excluding hydrogens is 360 g/mol. The highest BCUT2D eigenvalue weighted by Crippen LogP contribution is 2.39. The van der Waals surface area contributed by atoms with Gasteiger partial charge in [0.25, 0.3) is 0 Å². The van der Waals surface area contributed by atoms with Gasteiger partial charge >= 0.3 is 0 Å². The summed E-state index contributed by atoms with van der Waals surface area (Å²) in [5, 5.41) is 1.95. The van der Waals surface area contributed by atoms with Crippen molar-refractivity contribution in [2.45, 2.75) is 38.6 Å². The topological polar surface area (TPSA) is 42.4 Å². The van der Waals surface area contributed by atoms with E-state index in [-0.39, 0.29) is 5.78 Å². The van der Waals surface area contributed by atoms with Crippen molar-refractivity contribution in [3.63, 3.8) is 0 Å². The monoisotopic (exact) mass is 386 g/mol. The molecule has 0 bridgehead atoms. The van der Waals surface area contributed by atoms with Crippen LogP contribution >= 0.6 is 0 Å². The van der Waals surface area contributed by atoms with Gasteiger partial charge in [0.05, 0.1) is 12.3 Å². The van der Waals surface area contributed by atoms with Crippen molar-refractivity contribution < 1.29 is 9.53 Å². The molecule has 1 fully saturated rings. The molecule has 1 aromatic heterocycles. The van der Waals surface area contributed by atoms with Crippen molar-refractivity contribution in [1.29, 1.82) is 0 Å². The fraction of sp³-hybridized carbons (Fsp3) is 0.360. The summed E-state index contributed by atoms with van der Waals surface area (Å²) >= 11 is 0. The van der Waals surface area contributed by atoms with Crippen LogP contribution in [-0.2, 0) is 0 Å². The van der Waals surface area contributed by atoms with Crippen LogP contribution in [0.15, 0.2) is 48.7 Å². The molecule has 0 spiro atoms. The van der Waals surface area contributed by atoms with Crippen molar-refractivity contribution in [1.82, 2.24) is 9.88 Å². The average Bonchev–Trinajstić information content (AvgIpc) is 2.76. The van der Waals surface area contributed by atoms with E-state index in [1.54, 1.807) is 0 Å². The molecule has 0 N–H and O–H groups in total. The molecule has 1 atom stereocenters. The van der Waals surface area contributed by atoms with Crippen LogP contribution in [0.2, 0.25) is 0 Å². The summed E-state index contributed by atoms with van der Waals surface area (Å²) in [5.74, 6) is 0.822. The molecule has 4 heteroatoms. The van der Waals surface area contributed by atoms with Crippen molar-refractivity contribution in [2.75, 3.05) is 19.7 Å². The summed E-state index contributed by atoms with van der Waals surface area (Å²) in [5.41, 5.74) is 3.22. The number of aromatic nitrogens is 1. The second-order valence-corrected chi connectivity index (χ2v) is 8.19. The molecule has 2 aliphatic rings. The lowest BCUT2D eigenvalue weighted by Gasteiger charge is -2.33. The summed E-state index contributed by atoms with van der Waals surface area (Å²) in [7, 11) is 0. The fourth-order valence-corrected chi connectivity index (χ4v) is 4.74. The van der Waals surface area contributed by atoms with Crippen LogP contribution < -0.4 is 4.74 Å². The first-order chi connectivity index (χ1) is 14.2. The maximum Gasteiger partial charge on any atom is 0.194 e. The molecule has 2 heterocycles. The number of rotatable bonds is 5. The van der Waals surface area contributed by atoms with Gasteiger partial charge in [-0.05, 0) is 56.3 Å². The van der Waals surface area contributed by atoms with E-state index in [0.717, 1.165) is 46.3 Å². The fourth-order valence-electron chi connectivity index (χ4n) is 4.74. The second-order valence-electron chi connectivity index (χ2n) is 8.19. The van der Waals surface area contributed by atoms with Crippen LogP contribution in [-0.4, -0.2) is 41.4 Å². The normalized spacial score (nSPS) is 18.7. The molecule has 5 rings (SSSR count). The van der Waals surface area contributed by atoms with Crippen molar-refractivity contribution in [3.8, 4) is 17.0 Å². The molecule has 148 valence electrons. The molecule has 0 amide bonds. The summed E-state index contributed by atoms with van der Waals surface area (Å²) in [6.45, 7) is 5.26. The number of likely N-dealkylation sites (tertiary alicyclic amines) is 1. The molecule has 29 heavy (non-hydrogen) atoms. The van der Waals surface area contributed by atoms with Crippen LogP contribution in [0.25, 0.3) is 22.0 Å². The molecule has 0 saturated carbocycles. The van der Waals surface area contributed by atoms with Gasteiger partial charge in [0.15, 0.2) is 5.78 Å². The number of piperidine rings is 1. The molecule has 1 aliphatic heterocycles. The first-order valence-electron chi connectivity index (χ1n) is 10.7. The largest absolute Gasteiger partial charge is 0.494 e. The van der Waals surface area contributed by atoms with Gasteiger partial charge in [-0.15, -0.1) is 0 Å². The zero-order valence-corrected chi connectivity index (χ0v) is 16.9. The van der Waals surface area contributed by atoms with E-state index in [4.69, 9.17) is 4.74 Å². The lowest BCUT2D eigenvalue weighted by atomic mass is 9.85. The molecule has 1 unspecified atom stereocenters. The quantitative estimate of drug-likeness (QED) is 0.448. The molecular formula is C25H26N2O2. The maximum absolute atomic E-state index is 13.1. The third-order valence-electron chi connectivity index (χ3n) is 6.31. The van der Waals surface area contributed by atoms with Crippen LogP contribution in [0.4, 0.5) is 0 Å². The number of ketones is 1. The Bertz CT molecular complexity index is 1080. The van der Waals surface area contributed by atoms with E-state index in [0.29, 0.717) is 18.2 Å². The van der Waals surface area contributed by atoms with E-state index >= 15 is 0 Å². The van der Waals surface area contributed by atoms with E-state index in [9.17, 15) is 4.79 Å². The van der Waals surface area contributed by atoms with Gasteiger partial charge in [0.1, 0.15) is 5.75 Å². The Morgan fingerprint density at radius 3 is 2.83 bits per heavy atom. The number of carbonyl (C=O) groups is 1. The number of hydrogen-bond acceptors (Lipinski definition) is 4. The van der Waals surface area contributed by atoms with Gasteiger partial charge in [0, 0.05) is 40.9 Å². The Kier molecular flexibility index (Phi) is 4.80. The number of ether oxygens (including phenoxy) is 1. The molecule has 1 aliphatic carbocycles. The van der Waals surface area contributed by atoms with E-state index in [1.807, 2.05) is 48.7 Å². The minimum atomic E-state index is 0.0543. The number of carbonyl (C=O) groups excluding carboxylic acids is 1. The smallest absolute Gasteiger partial charge is 0.194 e. The van der Waals surface area contributed by atoms with Crippen LogP contribution in [0, 0.1) is 0 Å². The third kappa shape index (κ3) is 3.32. The molecule has 3 aromatic rings. The van der Waals surface area contributed by atoms with Crippen LogP contribution in [0.3, 0.4) is 0 Å². The summed E-state index contributed by atoms with van der Waals surface area (Å²) < 4.78 is 6.08. The number of benzene rings is 2. The third-order valence-corrected chi connectivity index (χ3v) is 6.31. The zero-order valence-electron chi connectivity index (χ0n) is 16.9. The summed E-state index contributed by atoms with van der Waals surface area (Å²) in [6, 6.07) is 14.3. The van der Waals surface area contributed by atoms with E-state index < -0.39 is 0 Å². The number of nitrogens with zero attached hydrogens (tertiary/aromatic N) is 2. The first kappa shape index (κ1) is 18.3. The predicted molar refractivity (Wildman–Crippen MR) is 116 cm³/mol. The summed E-state index contributed by atoms with van der Waals surface area (Å²) in [4.78, 5) is 20.3. The Labute approximate surface area is 171 Å². The molecule has 0 radical (unpaired) electrons. The SMILES string of the molecule is CC1CCCCN1CCCOc1cc2c3c(nccc3c1)-c1ccccc1C2=O. The van der Waals surface area contributed by atoms with E-state index in [1.165, 1.54) is 25.8 Å². The highest BCUT2D eigenvalue weighted by atomic mass is 16.5. The van der Waals surface area contributed by atoms with Crippen molar-refractivity contribution in [3.05, 3.63) is 59.8 Å². The van der Waals surface area contributed by atoms with Gasteiger partial charge in [-0.3, -0.25) is 9.78 Å². The molecule has 4 nitrogen and oxygen atoms in total. The number of fused-ring (bicyclic) bond motifs is 2. The minimum absolute atomic E-state index is 0.0543. The number of pyridine rings is 1. The lowest BCUT2D eigenvalue weighted by molar-refractivity contribution is 0.103. The van der Waals surface area contributed by atoms with E-state index in [2.05, 4.69) is 16.8 Å². The standard InChI is InChI=1S/C25H26N2O2/c1-17-7-4-5-12-27(17)13-6-14-29-19-15-18-10-11-26-24-20-8-2-3-9-21(20)25(28)22(16-19)23(18)24/h2-3,8-11,15-17H,4-7,12-14H2,1H3. The van der Waals surface area contributed by atoms with Crippen molar-refractivity contribution >= 4 is 16.6 Å². The van der Waals surface area contributed by atoms with Crippen LogP contribution in [0.5, 0.6) is 5.75 Å². The Morgan fingerprint density at radius 1 is 1.10 bits per heavy atom. The van der Waals surface area contributed by atoms with Gasteiger partial charge < -0.3 is 9.64 Å². The molecule has 1 saturated heterocycles. The lowest BCUT2D eigenvalue weighted by Crippen LogP contribution is -2.38. The maximum atomic E-state index is 13.1. The predicted octanol–water partition coefficient (Wildman–Crippen LogP) is 5.09. The second kappa shape index (κ2) is 7.60. The average molecular weight is 386 g/mol. The first-order valence-corrected chi connectivity index (χ1v) is 10.7. The Balaban J connectivity index is 1.37. The minimum Gasteiger partial charge on any atom is -0.494 e. The number of hydrogen-bond donors (Lipinski definition) is 0. The Morgan fingerprint density at radius 2 is 1.97 bits per heavy atom. The van der Waals surface area contributed by atoms with Gasteiger partial charge in [-0.2, -0.15) is 0 Å².